The van der Waals surface area contributed by atoms with E-state index < -0.39 is 0 Å². The molecular weight excluding hydrogens is 290 g/mol. The van der Waals surface area contributed by atoms with Crippen molar-refractivity contribution >= 4 is 28.7 Å². The topological polar surface area (TPSA) is 20.3 Å². The number of nitrogens with zero attached hydrogens (tertiary/aromatic N) is 1. The largest absolute Gasteiger partial charge is 0.301 e. The Morgan fingerprint density at radius 1 is 1.25 bits per heavy atom. The summed E-state index contributed by atoms with van der Waals surface area (Å²) in [5.74, 6) is 0.180. The predicted molar refractivity (Wildman–Crippen MR) is 85.6 cm³/mol. The second-order valence-corrected chi connectivity index (χ2v) is 6.83. The molecule has 1 heterocycles. The van der Waals surface area contributed by atoms with Crippen LogP contribution in [-0.2, 0) is 6.54 Å². The van der Waals surface area contributed by atoms with Gasteiger partial charge in [-0.1, -0.05) is 48.9 Å². The van der Waals surface area contributed by atoms with E-state index in [2.05, 4.69) is 4.90 Å². The van der Waals surface area contributed by atoms with Crippen LogP contribution in [0.5, 0.6) is 0 Å². The van der Waals surface area contributed by atoms with Gasteiger partial charge in [0.15, 0.2) is 5.78 Å². The SMILES string of the molecule is CC(CN(C)Cc1ccc(Cl)s1)C(=O)c1ccccc1. The Bertz CT molecular complexity index is 567. The fraction of sp³-hybridized carbons (Fsp3) is 0.312. The zero-order valence-corrected chi connectivity index (χ0v) is 13.2. The minimum Gasteiger partial charge on any atom is -0.301 e. The van der Waals surface area contributed by atoms with Gasteiger partial charge in [-0.05, 0) is 19.2 Å². The Morgan fingerprint density at radius 2 is 1.95 bits per heavy atom. The molecule has 2 aromatic rings. The van der Waals surface area contributed by atoms with Crippen molar-refractivity contribution < 1.29 is 4.79 Å². The van der Waals surface area contributed by atoms with E-state index in [-0.39, 0.29) is 11.7 Å². The molecule has 1 aromatic heterocycles. The molecule has 1 atom stereocenters. The number of Topliss-reactive ketones (excluding diaryl/α,β-unsaturated/α-hetero) is 1. The van der Waals surface area contributed by atoms with Crippen molar-refractivity contribution in [2.24, 2.45) is 5.92 Å². The molecule has 0 saturated heterocycles. The smallest absolute Gasteiger partial charge is 0.166 e. The van der Waals surface area contributed by atoms with Crippen LogP contribution in [0.1, 0.15) is 22.2 Å². The summed E-state index contributed by atoms with van der Waals surface area (Å²) < 4.78 is 0.807. The third-order valence-electron chi connectivity index (χ3n) is 3.15. The minimum absolute atomic E-state index is 0.0159. The van der Waals surface area contributed by atoms with Crippen LogP contribution in [0.15, 0.2) is 42.5 Å². The summed E-state index contributed by atoms with van der Waals surface area (Å²) in [6, 6.07) is 13.4. The molecule has 20 heavy (non-hydrogen) atoms. The average molecular weight is 308 g/mol. The molecule has 0 radical (unpaired) electrons. The maximum absolute atomic E-state index is 12.3. The first kappa shape index (κ1) is 15.2. The van der Waals surface area contributed by atoms with Crippen LogP contribution >= 0.6 is 22.9 Å². The molecule has 0 aliphatic carbocycles. The third kappa shape index (κ3) is 4.17. The predicted octanol–water partition coefficient (Wildman–Crippen LogP) is 4.35. The van der Waals surface area contributed by atoms with Crippen LogP contribution in [-0.4, -0.2) is 24.3 Å². The molecule has 0 fully saturated rings. The maximum Gasteiger partial charge on any atom is 0.166 e. The van der Waals surface area contributed by atoms with E-state index in [9.17, 15) is 4.79 Å². The number of benzene rings is 1. The van der Waals surface area contributed by atoms with Gasteiger partial charge in [0.05, 0.1) is 4.34 Å². The van der Waals surface area contributed by atoms with E-state index in [4.69, 9.17) is 11.6 Å². The Labute approximate surface area is 129 Å². The lowest BCUT2D eigenvalue weighted by Gasteiger charge is -2.20. The van der Waals surface area contributed by atoms with Gasteiger partial charge in [-0.2, -0.15) is 0 Å². The maximum atomic E-state index is 12.3. The van der Waals surface area contributed by atoms with Gasteiger partial charge >= 0.3 is 0 Å². The average Bonchev–Trinajstić information content (AvgIpc) is 2.84. The van der Waals surface area contributed by atoms with E-state index in [0.29, 0.717) is 0 Å². The van der Waals surface area contributed by atoms with Crippen molar-refractivity contribution in [1.82, 2.24) is 4.90 Å². The molecule has 0 aliphatic rings. The van der Waals surface area contributed by atoms with Crippen molar-refractivity contribution in [1.29, 1.82) is 0 Å². The van der Waals surface area contributed by atoms with Crippen molar-refractivity contribution in [3.8, 4) is 0 Å². The van der Waals surface area contributed by atoms with Gasteiger partial charge in [0.2, 0.25) is 0 Å². The highest BCUT2D eigenvalue weighted by Gasteiger charge is 2.17. The Kier molecular flexibility index (Phi) is 5.35. The Balaban J connectivity index is 1.90. The first-order chi connectivity index (χ1) is 9.56. The molecule has 0 bridgehead atoms. The first-order valence-corrected chi connectivity index (χ1v) is 7.77. The number of halogens is 1. The Hall–Kier alpha value is -1.16. The molecule has 106 valence electrons. The summed E-state index contributed by atoms with van der Waals surface area (Å²) in [5.41, 5.74) is 0.785. The molecule has 0 amide bonds. The monoisotopic (exact) mass is 307 g/mol. The molecule has 0 aliphatic heterocycles. The second-order valence-electron chi connectivity index (χ2n) is 5.03. The summed E-state index contributed by atoms with van der Waals surface area (Å²) in [6.45, 7) is 3.54. The molecule has 1 aromatic carbocycles. The number of rotatable bonds is 6. The van der Waals surface area contributed by atoms with E-state index in [1.807, 2.05) is 56.4 Å². The summed E-state index contributed by atoms with van der Waals surface area (Å²) in [6.07, 6.45) is 0. The minimum atomic E-state index is -0.0159. The quantitative estimate of drug-likeness (QED) is 0.739. The van der Waals surface area contributed by atoms with Gasteiger partial charge in [0, 0.05) is 29.4 Å². The molecular formula is C16H18ClNOS. The van der Waals surface area contributed by atoms with Crippen molar-refractivity contribution in [2.45, 2.75) is 13.5 Å². The lowest BCUT2D eigenvalue weighted by molar-refractivity contribution is 0.0901. The highest BCUT2D eigenvalue weighted by molar-refractivity contribution is 7.16. The molecule has 0 N–H and O–H groups in total. The lowest BCUT2D eigenvalue weighted by Crippen LogP contribution is -2.28. The second kappa shape index (κ2) is 7.02. The number of ketones is 1. The van der Waals surface area contributed by atoms with Gasteiger partial charge < -0.3 is 4.90 Å². The van der Waals surface area contributed by atoms with Crippen LogP contribution in [0.25, 0.3) is 0 Å². The van der Waals surface area contributed by atoms with Crippen molar-refractivity contribution in [2.75, 3.05) is 13.6 Å². The lowest BCUT2D eigenvalue weighted by atomic mass is 9.99. The van der Waals surface area contributed by atoms with Gasteiger partial charge in [0.1, 0.15) is 0 Å². The fourth-order valence-corrected chi connectivity index (χ4v) is 3.37. The van der Waals surface area contributed by atoms with Crippen LogP contribution in [0.3, 0.4) is 0 Å². The normalized spacial score (nSPS) is 12.6. The van der Waals surface area contributed by atoms with Crippen LogP contribution < -0.4 is 0 Å². The highest BCUT2D eigenvalue weighted by Crippen LogP contribution is 2.22. The zero-order chi connectivity index (χ0) is 14.5. The number of hydrogen-bond acceptors (Lipinski definition) is 3. The summed E-state index contributed by atoms with van der Waals surface area (Å²) in [4.78, 5) is 15.7. The van der Waals surface area contributed by atoms with Crippen molar-refractivity contribution in [3.05, 3.63) is 57.2 Å². The van der Waals surface area contributed by atoms with E-state index in [0.717, 1.165) is 23.0 Å². The summed E-state index contributed by atoms with van der Waals surface area (Å²) in [7, 11) is 2.03. The van der Waals surface area contributed by atoms with Crippen LogP contribution in [0.2, 0.25) is 4.34 Å². The van der Waals surface area contributed by atoms with E-state index in [1.54, 1.807) is 11.3 Å². The first-order valence-electron chi connectivity index (χ1n) is 6.58. The molecule has 1 unspecified atom stereocenters. The number of thiophene rings is 1. The summed E-state index contributed by atoms with van der Waals surface area (Å²) in [5, 5.41) is 0. The molecule has 0 saturated carbocycles. The highest BCUT2D eigenvalue weighted by atomic mass is 35.5. The van der Waals surface area contributed by atoms with Gasteiger partial charge in [0.25, 0.3) is 0 Å². The van der Waals surface area contributed by atoms with Crippen LogP contribution in [0, 0.1) is 5.92 Å². The molecule has 0 spiro atoms. The van der Waals surface area contributed by atoms with Crippen LogP contribution in [0.4, 0.5) is 0 Å². The zero-order valence-electron chi connectivity index (χ0n) is 11.7. The molecule has 2 rings (SSSR count). The molecule has 4 heteroatoms. The van der Waals surface area contributed by atoms with E-state index in [1.165, 1.54) is 4.88 Å². The fourth-order valence-electron chi connectivity index (χ4n) is 2.20. The van der Waals surface area contributed by atoms with Gasteiger partial charge in [-0.25, -0.2) is 0 Å². The number of carbonyl (C=O) groups excluding carboxylic acids is 1. The summed E-state index contributed by atoms with van der Waals surface area (Å²) >= 11 is 7.51. The number of carbonyl (C=O) groups is 1. The number of hydrogen-bond donors (Lipinski definition) is 0. The van der Waals surface area contributed by atoms with Gasteiger partial charge in [-0.15, -0.1) is 11.3 Å². The molecule has 2 nitrogen and oxygen atoms in total. The van der Waals surface area contributed by atoms with Gasteiger partial charge in [-0.3, -0.25) is 4.79 Å². The Morgan fingerprint density at radius 3 is 2.55 bits per heavy atom. The third-order valence-corrected chi connectivity index (χ3v) is 4.36. The van der Waals surface area contributed by atoms with Crippen molar-refractivity contribution in [3.63, 3.8) is 0 Å². The van der Waals surface area contributed by atoms with E-state index >= 15 is 0 Å². The standard InChI is InChI=1S/C16H18ClNOS/c1-12(16(19)13-6-4-3-5-7-13)10-18(2)11-14-8-9-15(17)20-14/h3-9,12H,10-11H2,1-2H3.